The van der Waals surface area contributed by atoms with Crippen LogP contribution in [0.2, 0.25) is 0 Å². The van der Waals surface area contributed by atoms with Crippen LogP contribution in [-0.4, -0.2) is 31.6 Å². The van der Waals surface area contributed by atoms with Gasteiger partial charge in [-0.15, -0.1) is 0 Å². The number of hydrogen-bond acceptors (Lipinski definition) is 4. The van der Waals surface area contributed by atoms with Crippen LogP contribution < -0.4 is 19.7 Å². The third-order valence-corrected chi connectivity index (χ3v) is 4.32. The lowest BCUT2D eigenvalue weighted by Gasteiger charge is -2.16. The number of benzene rings is 2. The van der Waals surface area contributed by atoms with E-state index in [1.165, 1.54) is 0 Å². The SMILES string of the molecule is CCOc1ccc(NC(=O)c2ccc(N3CCCC3=O)cc2)cc1OCC. The maximum Gasteiger partial charge on any atom is 0.255 e. The number of carbonyl (C=O) groups is 2. The minimum Gasteiger partial charge on any atom is -0.490 e. The maximum absolute atomic E-state index is 12.5. The first-order valence-electron chi connectivity index (χ1n) is 9.23. The molecule has 0 aromatic heterocycles. The van der Waals surface area contributed by atoms with Gasteiger partial charge in [-0.1, -0.05) is 0 Å². The summed E-state index contributed by atoms with van der Waals surface area (Å²) in [4.78, 5) is 26.1. The molecular formula is C21H24N2O4. The van der Waals surface area contributed by atoms with Crippen LogP contribution in [-0.2, 0) is 4.79 Å². The van der Waals surface area contributed by atoms with Crippen molar-refractivity contribution < 1.29 is 19.1 Å². The minimum atomic E-state index is -0.221. The van der Waals surface area contributed by atoms with E-state index in [0.717, 1.165) is 18.7 Å². The van der Waals surface area contributed by atoms with E-state index in [0.29, 0.717) is 42.4 Å². The van der Waals surface area contributed by atoms with Crippen molar-refractivity contribution in [1.29, 1.82) is 0 Å². The van der Waals surface area contributed by atoms with Gasteiger partial charge in [0.25, 0.3) is 5.91 Å². The summed E-state index contributed by atoms with van der Waals surface area (Å²) in [6.45, 7) is 5.58. The fourth-order valence-electron chi connectivity index (χ4n) is 3.05. The standard InChI is InChI=1S/C21H24N2O4/c1-3-26-18-12-9-16(14-19(18)27-4-2)22-21(25)15-7-10-17(11-8-15)23-13-5-6-20(23)24/h7-12,14H,3-6,13H2,1-2H3,(H,22,25). The monoisotopic (exact) mass is 368 g/mol. The molecule has 3 rings (SSSR count). The highest BCUT2D eigenvalue weighted by Crippen LogP contribution is 2.31. The average Bonchev–Trinajstić information content (AvgIpc) is 3.10. The zero-order valence-corrected chi connectivity index (χ0v) is 15.7. The highest BCUT2D eigenvalue weighted by Gasteiger charge is 2.21. The molecule has 0 radical (unpaired) electrons. The molecule has 1 N–H and O–H groups in total. The van der Waals surface area contributed by atoms with Crippen molar-refractivity contribution >= 4 is 23.2 Å². The highest BCUT2D eigenvalue weighted by molar-refractivity contribution is 6.05. The van der Waals surface area contributed by atoms with Gasteiger partial charge in [0.1, 0.15) is 0 Å². The molecule has 1 heterocycles. The van der Waals surface area contributed by atoms with E-state index < -0.39 is 0 Å². The first kappa shape index (κ1) is 18.8. The first-order chi connectivity index (χ1) is 13.1. The van der Waals surface area contributed by atoms with E-state index in [-0.39, 0.29) is 11.8 Å². The molecule has 2 amide bonds. The van der Waals surface area contributed by atoms with Gasteiger partial charge in [-0.3, -0.25) is 9.59 Å². The number of amides is 2. The third-order valence-electron chi connectivity index (χ3n) is 4.32. The van der Waals surface area contributed by atoms with Crippen LogP contribution in [0.4, 0.5) is 11.4 Å². The Morgan fingerprint density at radius 3 is 2.37 bits per heavy atom. The maximum atomic E-state index is 12.5. The quantitative estimate of drug-likeness (QED) is 0.806. The molecule has 1 aliphatic rings. The summed E-state index contributed by atoms with van der Waals surface area (Å²) in [6.07, 6.45) is 1.46. The van der Waals surface area contributed by atoms with E-state index in [1.807, 2.05) is 26.0 Å². The van der Waals surface area contributed by atoms with Gasteiger partial charge in [0.15, 0.2) is 11.5 Å². The Labute approximate surface area is 159 Å². The molecule has 1 fully saturated rings. The average molecular weight is 368 g/mol. The fraction of sp³-hybridized carbons (Fsp3) is 0.333. The Morgan fingerprint density at radius 2 is 1.74 bits per heavy atom. The Balaban J connectivity index is 1.71. The predicted molar refractivity (Wildman–Crippen MR) is 105 cm³/mol. The lowest BCUT2D eigenvalue weighted by molar-refractivity contribution is -0.117. The number of carbonyl (C=O) groups excluding carboxylic acids is 2. The molecule has 27 heavy (non-hydrogen) atoms. The second kappa shape index (κ2) is 8.58. The Morgan fingerprint density at radius 1 is 1.04 bits per heavy atom. The van der Waals surface area contributed by atoms with Crippen molar-refractivity contribution in [3.8, 4) is 11.5 Å². The molecule has 0 unspecified atom stereocenters. The summed E-state index contributed by atoms with van der Waals surface area (Å²) in [7, 11) is 0. The number of rotatable bonds is 7. The van der Waals surface area contributed by atoms with Crippen LogP contribution in [0.25, 0.3) is 0 Å². The van der Waals surface area contributed by atoms with Gasteiger partial charge in [0.05, 0.1) is 13.2 Å². The molecule has 0 saturated carbocycles. The summed E-state index contributed by atoms with van der Waals surface area (Å²) in [5.74, 6) is 1.16. The number of nitrogens with zero attached hydrogens (tertiary/aromatic N) is 1. The molecule has 0 aliphatic carbocycles. The second-order valence-corrected chi connectivity index (χ2v) is 6.18. The predicted octanol–water partition coefficient (Wildman–Crippen LogP) is 3.86. The molecule has 1 saturated heterocycles. The molecule has 1 aliphatic heterocycles. The number of ether oxygens (including phenoxy) is 2. The Hall–Kier alpha value is -3.02. The third kappa shape index (κ3) is 4.39. The van der Waals surface area contributed by atoms with Crippen LogP contribution in [0.15, 0.2) is 42.5 Å². The molecule has 6 nitrogen and oxygen atoms in total. The van der Waals surface area contributed by atoms with Crippen molar-refractivity contribution in [2.45, 2.75) is 26.7 Å². The molecule has 6 heteroatoms. The number of anilines is 2. The Kier molecular flexibility index (Phi) is 5.96. The van der Waals surface area contributed by atoms with Crippen LogP contribution >= 0.6 is 0 Å². The van der Waals surface area contributed by atoms with Crippen LogP contribution in [0, 0.1) is 0 Å². The summed E-state index contributed by atoms with van der Waals surface area (Å²) >= 11 is 0. The molecule has 2 aromatic rings. The molecule has 0 bridgehead atoms. The first-order valence-corrected chi connectivity index (χ1v) is 9.23. The second-order valence-electron chi connectivity index (χ2n) is 6.18. The zero-order chi connectivity index (χ0) is 19.2. The normalized spacial score (nSPS) is 13.6. The molecular weight excluding hydrogens is 344 g/mol. The van der Waals surface area contributed by atoms with Crippen molar-refractivity contribution in [3.05, 3.63) is 48.0 Å². The van der Waals surface area contributed by atoms with E-state index >= 15 is 0 Å². The van der Waals surface area contributed by atoms with E-state index in [2.05, 4.69) is 5.32 Å². The lowest BCUT2D eigenvalue weighted by atomic mass is 10.1. The fourth-order valence-corrected chi connectivity index (χ4v) is 3.05. The van der Waals surface area contributed by atoms with Crippen LogP contribution in [0.5, 0.6) is 11.5 Å². The van der Waals surface area contributed by atoms with Crippen molar-refractivity contribution in [1.82, 2.24) is 0 Å². The van der Waals surface area contributed by atoms with Crippen LogP contribution in [0.1, 0.15) is 37.0 Å². The molecule has 0 atom stereocenters. The molecule has 2 aromatic carbocycles. The topological polar surface area (TPSA) is 67.9 Å². The largest absolute Gasteiger partial charge is 0.490 e. The van der Waals surface area contributed by atoms with Gasteiger partial charge >= 0.3 is 0 Å². The molecule has 0 spiro atoms. The van der Waals surface area contributed by atoms with Crippen molar-refractivity contribution in [3.63, 3.8) is 0 Å². The smallest absolute Gasteiger partial charge is 0.255 e. The number of nitrogens with one attached hydrogen (secondary N) is 1. The van der Waals surface area contributed by atoms with E-state index in [4.69, 9.17) is 9.47 Å². The molecule has 142 valence electrons. The van der Waals surface area contributed by atoms with Gasteiger partial charge < -0.3 is 19.7 Å². The van der Waals surface area contributed by atoms with Gasteiger partial charge in [-0.2, -0.15) is 0 Å². The van der Waals surface area contributed by atoms with Gasteiger partial charge in [0, 0.05) is 36.0 Å². The lowest BCUT2D eigenvalue weighted by Crippen LogP contribution is -2.23. The van der Waals surface area contributed by atoms with Crippen LogP contribution in [0.3, 0.4) is 0 Å². The van der Waals surface area contributed by atoms with Gasteiger partial charge in [-0.25, -0.2) is 0 Å². The van der Waals surface area contributed by atoms with Gasteiger partial charge in [0.2, 0.25) is 5.91 Å². The Bertz CT molecular complexity index is 817. The summed E-state index contributed by atoms with van der Waals surface area (Å²) < 4.78 is 11.1. The van der Waals surface area contributed by atoms with Crippen molar-refractivity contribution in [2.24, 2.45) is 0 Å². The number of hydrogen-bond donors (Lipinski definition) is 1. The van der Waals surface area contributed by atoms with Crippen molar-refractivity contribution in [2.75, 3.05) is 30.0 Å². The van der Waals surface area contributed by atoms with Gasteiger partial charge in [-0.05, 0) is 56.7 Å². The van der Waals surface area contributed by atoms with E-state index in [9.17, 15) is 9.59 Å². The zero-order valence-electron chi connectivity index (χ0n) is 15.7. The minimum absolute atomic E-state index is 0.130. The highest BCUT2D eigenvalue weighted by atomic mass is 16.5. The van der Waals surface area contributed by atoms with E-state index in [1.54, 1.807) is 35.2 Å². The summed E-state index contributed by atoms with van der Waals surface area (Å²) in [5, 5.41) is 2.87. The summed E-state index contributed by atoms with van der Waals surface area (Å²) in [5.41, 5.74) is 1.98. The summed E-state index contributed by atoms with van der Waals surface area (Å²) in [6, 6.07) is 12.4.